The van der Waals surface area contributed by atoms with Gasteiger partial charge in [0.2, 0.25) is 11.8 Å². The van der Waals surface area contributed by atoms with Gasteiger partial charge in [-0.15, -0.1) is 23.2 Å². The van der Waals surface area contributed by atoms with Crippen molar-refractivity contribution in [2.45, 2.75) is 48.9 Å². The number of hydrogen-bond acceptors (Lipinski definition) is 5. The molecule has 2 aromatic carbocycles. The number of aryl methyl sites for hydroxylation is 2. The topological polar surface area (TPSA) is 95.0 Å². The summed E-state index contributed by atoms with van der Waals surface area (Å²) in [5.74, 6) is -4.40. The Kier molecular flexibility index (Phi) is 6.48. The van der Waals surface area contributed by atoms with Gasteiger partial charge in [0, 0.05) is 5.92 Å². The molecule has 2 aliphatic heterocycles. The molecule has 6 unspecified atom stereocenters. The highest BCUT2D eigenvalue weighted by atomic mass is 79.9. The molecule has 6 rings (SSSR count). The Morgan fingerprint density at radius 1 is 0.950 bits per heavy atom. The molecule has 2 saturated heterocycles. The highest BCUT2D eigenvalue weighted by Gasteiger charge is 2.76. The number of alkyl halides is 3. The fourth-order valence-electron chi connectivity index (χ4n) is 7.27. The Balaban J connectivity index is 1.50. The van der Waals surface area contributed by atoms with Crippen LogP contribution in [0.3, 0.4) is 0 Å². The van der Waals surface area contributed by atoms with E-state index in [0.717, 1.165) is 16.0 Å². The summed E-state index contributed by atoms with van der Waals surface area (Å²) in [7, 11) is 0. The van der Waals surface area contributed by atoms with E-state index in [9.17, 15) is 24.3 Å². The molecule has 0 spiro atoms. The van der Waals surface area contributed by atoms with Crippen LogP contribution in [-0.4, -0.2) is 53.7 Å². The largest absolute Gasteiger partial charge is 0.507 e. The van der Waals surface area contributed by atoms with Crippen LogP contribution >= 0.6 is 39.1 Å². The Hall–Kier alpha value is -2.68. The van der Waals surface area contributed by atoms with E-state index >= 15 is 0 Å². The van der Waals surface area contributed by atoms with Crippen LogP contribution in [0.15, 0.2) is 54.1 Å². The molecule has 4 aliphatic rings. The molecule has 208 valence electrons. The van der Waals surface area contributed by atoms with Crippen LogP contribution < -0.4 is 0 Å². The van der Waals surface area contributed by atoms with Crippen molar-refractivity contribution in [3.8, 4) is 5.75 Å². The smallest absolute Gasteiger partial charge is 0.254 e. The first-order valence-corrected chi connectivity index (χ1v) is 15.0. The Morgan fingerprint density at radius 3 is 2.23 bits per heavy atom. The van der Waals surface area contributed by atoms with E-state index in [4.69, 9.17) is 23.2 Å². The number of phenolic OH excluding ortho intramolecular Hbond substituents is 1. The molecule has 3 fully saturated rings. The molecule has 4 amide bonds. The standard InChI is InChI=1S/C30H27BrCl2N2O5/c1-15-10-18(11-16(2)24(15)36)23-19-8-9-20-22(26(38)34(25(20)37)13-17-6-4-3-5-7-17)21(19)12-29(32)27(39)35(14-31)28(40)30(23,29)33/h3-8,10-11,20-23,36H,9,12-14H2,1-2H3. The number of allylic oxidation sites excluding steroid dienone is 2. The maximum Gasteiger partial charge on any atom is 0.254 e. The van der Waals surface area contributed by atoms with Crippen LogP contribution in [0, 0.1) is 31.6 Å². The number of carbonyl (C=O) groups excluding carboxylic acids is 4. The summed E-state index contributed by atoms with van der Waals surface area (Å²) >= 11 is 17.7. The predicted molar refractivity (Wildman–Crippen MR) is 153 cm³/mol. The number of halogens is 3. The number of imide groups is 2. The van der Waals surface area contributed by atoms with Gasteiger partial charge in [-0.3, -0.25) is 29.0 Å². The van der Waals surface area contributed by atoms with Crippen LogP contribution in [0.1, 0.15) is 41.0 Å². The van der Waals surface area contributed by atoms with Gasteiger partial charge in [0.05, 0.1) is 23.8 Å². The molecule has 0 aromatic heterocycles. The highest BCUT2D eigenvalue weighted by molar-refractivity contribution is 9.09. The summed E-state index contributed by atoms with van der Waals surface area (Å²) in [5, 5.41) is 10.5. The first-order valence-electron chi connectivity index (χ1n) is 13.1. The number of fused-ring (bicyclic) bond motifs is 4. The average molecular weight is 646 g/mol. The second kappa shape index (κ2) is 9.43. The van der Waals surface area contributed by atoms with Crippen molar-refractivity contribution in [3.63, 3.8) is 0 Å². The molecule has 40 heavy (non-hydrogen) atoms. The Labute approximate surface area is 250 Å². The van der Waals surface area contributed by atoms with Gasteiger partial charge < -0.3 is 5.11 Å². The quantitative estimate of drug-likeness (QED) is 0.221. The average Bonchev–Trinajstić information content (AvgIpc) is 3.25. The minimum atomic E-state index is -1.86. The van der Waals surface area contributed by atoms with Gasteiger partial charge in [0.25, 0.3) is 11.8 Å². The minimum absolute atomic E-state index is 0.0517. The summed E-state index contributed by atoms with van der Waals surface area (Å²) in [6.07, 6.45) is 2.18. The van der Waals surface area contributed by atoms with E-state index in [-0.39, 0.29) is 36.0 Å². The van der Waals surface area contributed by atoms with Gasteiger partial charge in [-0.05, 0) is 54.9 Å². The first kappa shape index (κ1) is 27.5. The number of amides is 4. The lowest BCUT2D eigenvalue weighted by atomic mass is 9.56. The summed E-state index contributed by atoms with van der Waals surface area (Å²) in [6, 6.07) is 12.8. The van der Waals surface area contributed by atoms with Crippen molar-refractivity contribution < 1.29 is 24.3 Å². The first-order chi connectivity index (χ1) is 19.0. The molecule has 0 radical (unpaired) electrons. The molecule has 2 aromatic rings. The zero-order valence-electron chi connectivity index (χ0n) is 21.9. The van der Waals surface area contributed by atoms with Gasteiger partial charge in [-0.2, -0.15) is 0 Å². The number of likely N-dealkylation sites (tertiary alicyclic amines) is 2. The lowest BCUT2D eigenvalue weighted by molar-refractivity contribution is -0.141. The third kappa shape index (κ3) is 3.55. The second-order valence-corrected chi connectivity index (χ2v) is 13.0. The lowest BCUT2D eigenvalue weighted by Crippen LogP contribution is -2.60. The van der Waals surface area contributed by atoms with E-state index in [1.54, 1.807) is 26.0 Å². The van der Waals surface area contributed by atoms with E-state index in [1.165, 1.54) is 4.90 Å². The molecule has 1 saturated carbocycles. The van der Waals surface area contributed by atoms with Crippen LogP contribution in [0.5, 0.6) is 5.75 Å². The van der Waals surface area contributed by atoms with Gasteiger partial charge in [-0.25, -0.2) is 0 Å². The minimum Gasteiger partial charge on any atom is -0.507 e. The molecule has 10 heteroatoms. The number of aromatic hydroxyl groups is 1. The van der Waals surface area contributed by atoms with Crippen LogP contribution in [0.25, 0.3) is 0 Å². The van der Waals surface area contributed by atoms with Gasteiger partial charge in [0.1, 0.15) is 5.75 Å². The monoisotopic (exact) mass is 644 g/mol. The molecule has 2 aliphatic carbocycles. The predicted octanol–water partition coefficient (Wildman–Crippen LogP) is 4.92. The Bertz CT molecular complexity index is 1490. The summed E-state index contributed by atoms with van der Waals surface area (Å²) in [5.41, 5.74) is 3.29. The maximum atomic E-state index is 13.9. The summed E-state index contributed by atoms with van der Waals surface area (Å²) in [6.45, 7) is 3.66. The van der Waals surface area contributed by atoms with Crippen molar-refractivity contribution >= 4 is 62.8 Å². The zero-order chi connectivity index (χ0) is 28.7. The van der Waals surface area contributed by atoms with E-state index < -0.39 is 45.2 Å². The molecule has 1 N–H and O–H groups in total. The van der Waals surface area contributed by atoms with Gasteiger partial charge >= 0.3 is 0 Å². The van der Waals surface area contributed by atoms with Crippen LogP contribution in [-0.2, 0) is 25.7 Å². The molecule has 0 bridgehead atoms. The third-order valence-electron chi connectivity index (χ3n) is 9.14. The van der Waals surface area contributed by atoms with Crippen molar-refractivity contribution in [2.75, 3.05) is 5.45 Å². The number of rotatable bonds is 4. The van der Waals surface area contributed by atoms with Crippen LogP contribution in [0.2, 0.25) is 0 Å². The molecule has 7 nitrogen and oxygen atoms in total. The SMILES string of the molecule is Cc1cc(C2C3=CCC4C(=O)N(Cc5ccccc5)C(=O)C4C3CC3(Cl)C(=O)N(CBr)C(=O)C23Cl)cc(C)c1O. The van der Waals surface area contributed by atoms with E-state index in [2.05, 4.69) is 15.9 Å². The number of nitrogens with zero attached hydrogens (tertiary/aromatic N) is 2. The number of hydrogen-bond donors (Lipinski definition) is 1. The molecule has 2 heterocycles. The molecular formula is C30H27BrCl2N2O5. The zero-order valence-corrected chi connectivity index (χ0v) is 25.0. The van der Waals surface area contributed by atoms with E-state index in [1.807, 2.05) is 36.4 Å². The fourth-order valence-corrected chi connectivity index (χ4v) is 8.70. The number of carbonyl (C=O) groups is 4. The van der Waals surface area contributed by atoms with Gasteiger partial charge in [-0.1, -0.05) is 70.0 Å². The molecular weight excluding hydrogens is 619 g/mol. The summed E-state index contributed by atoms with van der Waals surface area (Å²) < 4.78 is 0. The normalized spacial score (nSPS) is 33.2. The fraction of sp³-hybridized carbons (Fsp3) is 0.400. The highest BCUT2D eigenvalue weighted by Crippen LogP contribution is 2.65. The number of phenols is 1. The van der Waals surface area contributed by atoms with Crippen molar-refractivity contribution in [3.05, 3.63) is 76.4 Å². The summed E-state index contributed by atoms with van der Waals surface area (Å²) in [4.78, 5) is 53.7. The van der Waals surface area contributed by atoms with Crippen molar-refractivity contribution in [2.24, 2.45) is 17.8 Å². The Morgan fingerprint density at radius 2 is 1.60 bits per heavy atom. The third-order valence-corrected chi connectivity index (χ3v) is 11.1. The van der Waals surface area contributed by atoms with Crippen molar-refractivity contribution in [1.82, 2.24) is 9.80 Å². The van der Waals surface area contributed by atoms with Gasteiger partial charge in [0.15, 0.2) is 9.75 Å². The van der Waals surface area contributed by atoms with Crippen LogP contribution in [0.4, 0.5) is 0 Å². The maximum absolute atomic E-state index is 13.9. The lowest BCUT2D eigenvalue weighted by Gasteiger charge is -2.51. The molecule has 6 atom stereocenters. The number of benzene rings is 2. The second-order valence-electron chi connectivity index (χ2n) is 11.2. The van der Waals surface area contributed by atoms with Crippen molar-refractivity contribution in [1.29, 1.82) is 0 Å². The van der Waals surface area contributed by atoms with E-state index in [0.29, 0.717) is 23.1 Å².